The van der Waals surface area contributed by atoms with Gasteiger partial charge in [-0.2, -0.15) is 5.10 Å². The lowest BCUT2D eigenvalue weighted by Crippen LogP contribution is -2.28. The monoisotopic (exact) mass is 215 g/mol. The van der Waals surface area contributed by atoms with Gasteiger partial charge in [0.15, 0.2) is 0 Å². The molecule has 1 unspecified atom stereocenters. The first kappa shape index (κ1) is 9.85. The normalized spacial score (nSPS) is 21.4. The van der Waals surface area contributed by atoms with Crippen molar-refractivity contribution < 1.29 is 0 Å². The summed E-state index contributed by atoms with van der Waals surface area (Å²) in [7, 11) is 0. The zero-order valence-corrected chi connectivity index (χ0v) is 9.59. The molecule has 1 aromatic carbocycles. The molecule has 2 N–H and O–H groups in total. The predicted octanol–water partition coefficient (Wildman–Crippen LogP) is 2.34. The molecular weight excluding hydrogens is 198 g/mol. The molecule has 0 saturated carbocycles. The van der Waals surface area contributed by atoms with Crippen molar-refractivity contribution in [2.45, 2.75) is 25.7 Å². The molecule has 0 bridgehead atoms. The average molecular weight is 215 g/mol. The second kappa shape index (κ2) is 3.91. The summed E-state index contributed by atoms with van der Waals surface area (Å²) in [6, 6.07) is 6.45. The molecule has 2 aromatic rings. The van der Waals surface area contributed by atoms with Gasteiger partial charge in [-0.3, -0.25) is 5.10 Å². The number of aromatic nitrogens is 2. The van der Waals surface area contributed by atoms with E-state index in [4.69, 9.17) is 0 Å². The van der Waals surface area contributed by atoms with E-state index < -0.39 is 0 Å². The van der Waals surface area contributed by atoms with Gasteiger partial charge in [0.05, 0.1) is 5.52 Å². The van der Waals surface area contributed by atoms with E-state index in [-0.39, 0.29) is 0 Å². The molecular formula is C13H17N3. The van der Waals surface area contributed by atoms with Crippen LogP contribution in [0.25, 0.3) is 10.9 Å². The lowest BCUT2D eigenvalue weighted by molar-refractivity contribution is 0.456. The van der Waals surface area contributed by atoms with Crippen molar-refractivity contribution in [3.05, 3.63) is 29.5 Å². The highest BCUT2D eigenvalue weighted by Crippen LogP contribution is 2.28. The summed E-state index contributed by atoms with van der Waals surface area (Å²) in [6.45, 7) is 4.36. The number of rotatable bonds is 1. The molecule has 1 atom stereocenters. The van der Waals surface area contributed by atoms with Gasteiger partial charge in [-0.1, -0.05) is 11.6 Å². The molecule has 1 saturated heterocycles. The minimum atomic E-state index is 0.598. The number of hydrogen-bond acceptors (Lipinski definition) is 2. The van der Waals surface area contributed by atoms with E-state index in [1.165, 1.54) is 29.5 Å². The highest BCUT2D eigenvalue weighted by Gasteiger charge is 2.19. The zero-order valence-electron chi connectivity index (χ0n) is 9.59. The van der Waals surface area contributed by atoms with Crippen LogP contribution in [0, 0.1) is 6.92 Å². The van der Waals surface area contributed by atoms with E-state index in [0.717, 1.165) is 18.6 Å². The maximum absolute atomic E-state index is 4.38. The van der Waals surface area contributed by atoms with Crippen LogP contribution >= 0.6 is 0 Å². The molecule has 1 aliphatic heterocycles. The van der Waals surface area contributed by atoms with E-state index in [2.05, 4.69) is 40.6 Å². The van der Waals surface area contributed by atoms with Gasteiger partial charge >= 0.3 is 0 Å². The van der Waals surface area contributed by atoms with Gasteiger partial charge in [0.2, 0.25) is 0 Å². The fourth-order valence-corrected chi connectivity index (χ4v) is 2.55. The van der Waals surface area contributed by atoms with Gasteiger partial charge < -0.3 is 5.32 Å². The Morgan fingerprint density at radius 2 is 2.31 bits per heavy atom. The van der Waals surface area contributed by atoms with Crippen LogP contribution in [0.15, 0.2) is 18.2 Å². The number of piperidine rings is 1. The van der Waals surface area contributed by atoms with Crippen molar-refractivity contribution >= 4 is 10.9 Å². The van der Waals surface area contributed by atoms with Crippen LogP contribution in [0.2, 0.25) is 0 Å². The highest BCUT2D eigenvalue weighted by molar-refractivity contribution is 5.82. The van der Waals surface area contributed by atoms with E-state index in [1.807, 2.05) is 0 Å². The van der Waals surface area contributed by atoms with Crippen molar-refractivity contribution in [3.63, 3.8) is 0 Å². The maximum atomic E-state index is 4.38. The van der Waals surface area contributed by atoms with Crippen molar-refractivity contribution in [2.24, 2.45) is 0 Å². The summed E-state index contributed by atoms with van der Waals surface area (Å²) in [5.41, 5.74) is 3.70. The Morgan fingerprint density at radius 3 is 3.12 bits per heavy atom. The van der Waals surface area contributed by atoms with Crippen LogP contribution < -0.4 is 5.32 Å². The fraction of sp³-hybridized carbons (Fsp3) is 0.462. The Bertz CT molecular complexity index is 495. The lowest BCUT2D eigenvalue weighted by Gasteiger charge is -2.21. The highest BCUT2D eigenvalue weighted by atomic mass is 15.1. The van der Waals surface area contributed by atoms with Crippen LogP contribution in [0.4, 0.5) is 0 Å². The van der Waals surface area contributed by atoms with Crippen molar-refractivity contribution in [3.8, 4) is 0 Å². The molecule has 0 radical (unpaired) electrons. The molecule has 0 spiro atoms. The second-order valence-corrected chi connectivity index (χ2v) is 4.70. The number of aryl methyl sites for hydroxylation is 1. The molecule has 3 rings (SSSR count). The van der Waals surface area contributed by atoms with Crippen molar-refractivity contribution in [1.29, 1.82) is 0 Å². The Hall–Kier alpha value is -1.35. The number of benzene rings is 1. The van der Waals surface area contributed by atoms with Crippen molar-refractivity contribution in [1.82, 2.24) is 15.5 Å². The summed E-state index contributed by atoms with van der Waals surface area (Å²) in [5, 5.41) is 12.4. The van der Waals surface area contributed by atoms with Crippen LogP contribution in [-0.2, 0) is 0 Å². The topological polar surface area (TPSA) is 40.7 Å². The molecule has 84 valence electrons. The van der Waals surface area contributed by atoms with Crippen LogP contribution in [-0.4, -0.2) is 23.3 Å². The Balaban J connectivity index is 2.05. The van der Waals surface area contributed by atoms with Crippen LogP contribution in [0.5, 0.6) is 0 Å². The standard InChI is InChI=1S/C13H17N3/c1-9-4-5-12-11(7-9)13(16-15-12)10-3-2-6-14-8-10/h4-5,7,10,14H,2-3,6,8H2,1H3,(H,15,16). The van der Waals surface area contributed by atoms with Gasteiger partial charge in [-0.15, -0.1) is 0 Å². The first-order valence-corrected chi connectivity index (χ1v) is 6.00. The Kier molecular flexibility index (Phi) is 2.40. The number of nitrogens with zero attached hydrogens (tertiary/aromatic N) is 1. The fourth-order valence-electron chi connectivity index (χ4n) is 2.55. The third-order valence-electron chi connectivity index (χ3n) is 3.44. The molecule has 1 aromatic heterocycles. The van der Waals surface area contributed by atoms with Crippen molar-refractivity contribution in [2.75, 3.05) is 13.1 Å². The smallest absolute Gasteiger partial charge is 0.0924 e. The van der Waals surface area contributed by atoms with Gasteiger partial charge in [0.1, 0.15) is 0 Å². The number of fused-ring (bicyclic) bond motifs is 1. The molecule has 3 heteroatoms. The summed E-state index contributed by atoms with van der Waals surface area (Å²) in [4.78, 5) is 0. The molecule has 2 heterocycles. The Labute approximate surface area is 95.2 Å². The second-order valence-electron chi connectivity index (χ2n) is 4.70. The predicted molar refractivity (Wildman–Crippen MR) is 65.7 cm³/mol. The summed E-state index contributed by atoms with van der Waals surface area (Å²) in [5.74, 6) is 0.598. The number of nitrogens with one attached hydrogen (secondary N) is 2. The molecule has 3 nitrogen and oxygen atoms in total. The van der Waals surface area contributed by atoms with Crippen LogP contribution in [0.1, 0.15) is 30.0 Å². The molecule has 16 heavy (non-hydrogen) atoms. The minimum absolute atomic E-state index is 0.598. The van der Waals surface area contributed by atoms with E-state index >= 15 is 0 Å². The zero-order chi connectivity index (χ0) is 11.0. The van der Waals surface area contributed by atoms with E-state index in [1.54, 1.807) is 0 Å². The first-order valence-electron chi connectivity index (χ1n) is 6.00. The average Bonchev–Trinajstić information content (AvgIpc) is 2.73. The van der Waals surface area contributed by atoms with E-state index in [9.17, 15) is 0 Å². The third kappa shape index (κ3) is 1.61. The van der Waals surface area contributed by atoms with Gasteiger partial charge in [-0.25, -0.2) is 0 Å². The summed E-state index contributed by atoms with van der Waals surface area (Å²) >= 11 is 0. The van der Waals surface area contributed by atoms with Gasteiger partial charge in [-0.05, 0) is 38.4 Å². The first-order chi connectivity index (χ1) is 7.84. The number of H-pyrrole nitrogens is 1. The largest absolute Gasteiger partial charge is 0.316 e. The third-order valence-corrected chi connectivity index (χ3v) is 3.44. The SMILES string of the molecule is Cc1ccc2n[nH]c(C3CCCNC3)c2c1. The number of hydrogen-bond donors (Lipinski definition) is 2. The molecule has 1 aliphatic rings. The summed E-state index contributed by atoms with van der Waals surface area (Å²) in [6.07, 6.45) is 2.52. The number of aromatic amines is 1. The lowest BCUT2D eigenvalue weighted by atomic mass is 9.94. The molecule has 0 aliphatic carbocycles. The summed E-state index contributed by atoms with van der Waals surface area (Å²) < 4.78 is 0. The minimum Gasteiger partial charge on any atom is -0.316 e. The van der Waals surface area contributed by atoms with E-state index in [0.29, 0.717) is 5.92 Å². The maximum Gasteiger partial charge on any atom is 0.0924 e. The molecule has 0 amide bonds. The van der Waals surface area contributed by atoms with Gasteiger partial charge in [0, 0.05) is 23.5 Å². The van der Waals surface area contributed by atoms with Gasteiger partial charge in [0.25, 0.3) is 0 Å². The Morgan fingerprint density at radius 1 is 1.38 bits per heavy atom. The van der Waals surface area contributed by atoms with Crippen LogP contribution in [0.3, 0.4) is 0 Å². The molecule has 1 fully saturated rings. The quantitative estimate of drug-likeness (QED) is 0.766.